The summed E-state index contributed by atoms with van der Waals surface area (Å²) in [5, 5.41) is 9.65. The summed E-state index contributed by atoms with van der Waals surface area (Å²) in [7, 11) is 0. The molecule has 0 spiro atoms. The number of rotatable bonds is 2. The van der Waals surface area contributed by atoms with Crippen LogP contribution in [0.2, 0.25) is 0 Å². The highest BCUT2D eigenvalue weighted by Crippen LogP contribution is 2.27. The van der Waals surface area contributed by atoms with E-state index in [2.05, 4.69) is 4.98 Å². The standard InChI is InChI=1S/C10H10F2N2O/c11-7-4-8-6(3-9(7)15)5(1-2-13)10(12)14-8/h3-4,14-15H,1-2,13H2. The maximum absolute atomic E-state index is 13.3. The van der Waals surface area contributed by atoms with Crippen molar-refractivity contribution in [2.24, 2.45) is 5.73 Å². The third-order valence-electron chi connectivity index (χ3n) is 2.32. The fraction of sp³-hybridized carbons (Fsp3) is 0.200. The predicted octanol–water partition coefficient (Wildman–Crippen LogP) is 1.65. The summed E-state index contributed by atoms with van der Waals surface area (Å²) in [6.45, 7) is 0.294. The molecule has 4 N–H and O–H groups in total. The lowest BCUT2D eigenvalue weighted by Gasteiger charge is -1.98. The number of hydrogen-bond acceptors (Lipinski definition) is 2. The zero-order chi connectivity index (χ0) is 11.0. The summed E-state index contributed by atoms with van der Waals surface area (Å²) in [5.41, 5.74) is 6.03. The van der Waals surface area contributed by atoms with Crippen LogP contribution in [0.15, 0.2) is 12.1 Å². The number of benzene rings is 1. The minimum atomic E-state index is -0.775. The van der Waals surface area contributed by atoms with Crippen LogP contribution in [0.3, 0.4) is 0 Å². The van der Waals surface area contributed by atoms with Gasteiger partial charge in [-0.3, -0.25) is 0 Å². The topological polar surface area (TPSA) is 62.0 Å². The number of halogens is 2. The summed E-state index contributed by atoms with van der Waals surface area (Å²) in [6, 6.07) is 2.27. The van der Waals surface area contributed by atoms with Gasteiger partial charge in [-0.1, -0.05) is 0 Å². The van der Waals surface area contributed by atoms with Gasteiger partial charge in [-0.2, -0.15) is 4.39 Å². The summed E-state index contributed by atoms with van der Waals surface area (Å²) in [4.78, 5) is 2.41. The number of phenolic OH excluding ortho intramolecular Hbond substituents is 1. The second-order valence-corrected chi connectivity index (χ2v) is 3.31. The number of fused-ring (bicyclic) bond motifs is 1. The van der Waals surface area contributed by atoms with E-state index in [9.17, 15) is 13.9 Å². The Bertz CT molecular complexity index is 508. The van der Waals surface area contributed by atoms with Gasteiger partial charge in [-0.15, -0.1) is 0 Å². The van der Waals surface area contributed by atoms with Crippen LogP contribution in [0.1, 0.15) is 5.56 Å². The molecule has 0 saturated heterocycles. The number of aromatic nitrogens is 1. The quantitative estimate of drug-likeness (QED) is 0.708. The van der Waals surface area contributed by atoms with Crippen LogP contribution in [0.4, 0.5) is 8.78 Å². The fourth-order valence-electron chi connectivity index (χ4n) is 1.62. The van der Waals surface area contributed by atoms with E-state index in [4.69, 9.17) is 5.73 Å². The second-order valence-electron chi connectivity index (χ2n) is 3.31. The Balaban J connectivity index is 2.70. The van der Waals surface area contributed by atoms with E-state index >= 15 is 0 Å². The molecule has 0 aliphatic carbocycles. The fourth-order valence-corrected chi connectivity index (χ4v) is 1.62. The molecule has 1 heterocycles. The Morgan fingerprint density at radius 1 is 1.33 bits per heavy atom. The lowest BCUT2D eigenvalue weighted by molar-refractivity contribution is 0.433. The van der Waals surface area contributed by atoms with Crippen LogP contribution in [-0.2, 0) is 6.42 Å². The van der Waals surface area contributed by atoms with Crippen molar-refractivity contribution in [3.63, 3.8) is 0 Å². The third kappa shape index (κ3) is 1.55. The minimum absolute atomic E-state index is 0.294. The highest BCUT2D eigenvalue weighted by atomic mass is 19.1. The number of nitrogens with two attached hydrogens (primary N) is 1. The number of aromatic hydroxyl groups is 1. The summed E-state index contributed by atoms with van der Waals surface area (Å²) < 4.78 is 26.3. The van der Waals surface area contributed by atoms with E-state index in [0.29, 0.717) is 29.4 Å². The van der Waals surface area contributed by atoms with Crippen LogP contribution < -0.4 is 5.73 Å². The van der Waals surface area contributed by atoms with Crippen molar-refractivity contribution in [3.8, 4) is 5.75 Å². The lowest BCUT2D eigenvalue weighted by Crippen LogP contribution is -2.03. The molecule has 0 unspecified atom stereocenters. The van der Waals surface area contributed by atoms with E-state index in [0.717, 1.165) is 6.07 Å². The van der Waals surface area contributed by atoms with Crippen molar-refractivity contribution in [2.75, 3.05) is 6.54 Å². The molecule has 0 aliphatic heterocycles. The van der Waals surface area contributed by atoms with E-state index < -0.39 is 17.5 Å². The van der Waals surface area contributed by atoms with Crippen LogP contribution >= 0.6 is 0 Å². The lowest BCUT2D eigenvalue weighted by atomic mass is 10.1. The van der Waals surface area contributed by atoms with Gasteiger partial charge in [-0.05, 0) is 19.0 Å². The van der Waals surface area contributed by atoms with Crippen LogP contribution in [0.25, 0.3) is 10.9 Å². The van der Waals surface area contributed by atoms with Gasteiger partial charge >= 0.3 is 0 Å². The van der Waals surface area contributed by atoms with Crippen molar-refractivity contribution in [1.82, 2.24) is 4.98 Å². The van der Waals surface area contributed by atoms with Crippen LogP contribution in [0, 0.1) is 11.8 Å². The molecule has 15 heavy (non-hydrogen) atoms. The van der Waals surface area contributed by atoms with E-state index in [1.54, 1.807) is 0 Å². The predicted molar refractivity (Wildman–Crippen MR) is 52.6 cm³/mol. The Morgan fingerprint density at radius 2 is 2.07 bits per heavy atom. The highest BCUT2D eigenvalue weighted by molar-refractivity contribution is 5.85. The molecule has 2 aromatic rings. The van der Waals surface area contributed by atoms with Crippen molar-refractivity contribution in [2.45, 2.75) is 6.42 Å². The number of H-pyrrole nitrogens is 1. The largest absolute Gasteiger partial charge is 0.505 e. The molecule has 1 aromatic carbocycles. The first-order valence-corrected chi connectivity index (χ1v) is 4.52. The molecule has 0 bridgehead atoms. The molecule has 0 saturated carbocycles. The molecule has 0 atom stereocenters. The normalized spacial score (nSPS) is 11.1. The maximum Gasteiger partial charge on any atom is 0.195 e. The van der Waals surface area contributed by atoms with Crippen molar-refractivity contribution < 1.29 is 13.9 Å². The average Bonchev–Trinajstić information content (AvgIpc) is 2.46. The van der Waals surface area contributed by atoms with Gasteiger partial charge < -0.3 is 15.8 Å². The number of nitrogens with one attached hydrogen (secondary N) is 1. The molecule has 0 radical (unpaired) electrons. The van der Waals surface area contributed by atoms with Crippen molar-refractivity contribution in [3.05, 3.63) is 29.5 Å². The summed E-state index contributed by atoms with van der Waals surface area (Å²) in [5.74, 6) is -1.79. The maximum atomic E-state index is 13.3. The molecule has 80 valence electrons. The first-order chi connectivity index (χ1) is 7.13. The van der Waals surface area contributed by atoms with Gasteiger partial charge in [0.1, 0.15) is 0 Å². The molecule has 2 rings (SSSR count). The molecule has 1 aromatic heterocycles. The molecule has 0 aliphatic rings. The molecular weight excluding hydrogens is 202 g/mol. The smallest absolute Gasteiger partial charge is 0.195 e. The Kier molecular flexibility index (Phi) is 2.32. The molecule has 0 fully saturated rings. The number of aromatic amines is 1. The summed E-state index contributed by atoms with van der Waals surface area (Å²) >= 11 is 0. The van der Waals surface area contributed by atoms with Crippen LogP contribution in [-0.4, -0.2) is 16.6 Å². The zero-order valence-electron chi connectivity index (χ0n) is 7.85. The Labute approximate surface area is 84.5 Å². The number of phenols is 1. The van der Waals surface area contributed by atoms with Gasteiger partial charge in [0.25, 0.3) is 0 Å². The molecule has 5 heteroatoms. The Hall–Kier alpha value is -1.62. The second kappa shape index (κ2) is 3.51. The average molecular weight is 212 g/mol. The zero-order valence-corrected chi connectivity index (χ0v) is 7.85. The number of hydrogen-bond donors (Lipinski definition) is 3. The summed E-state index contributed by atoms with van der Waals surface area (Å²) in [6.07, 6.45) is 0.344. The Morgan fingerprint density at radius 3 is 2.73 bits per heavy atom. The third-order valence-corrected chi connectivity index (χ3v) is 2.32. The van der Waals surface area contributed by atoms with Crippen molar-refractivity contribution >= 4 is 10.9 Å². The molecular formula is C10H10F2N2O. The monoisotopic (exact) mass is 212 g/mol. The van der Waals surface area contributed by atoms with E-state index in [1.165, 1.54) is 6.07 Å². The van der Waals surface area contributed by atoms with Crippen molar-refractivity contribution in [1.29, 1.82) is 0 Å². The van der Waals surface area contributed by atoms with Gasteiger partial charge in [0, 0.05) is 17.0 Å². The minimum Gasteiger partial charge on any atom is -0.505 e. The van der Waals surface area contributed by atoms with Crippen LogP contribution in [0.5, 0.6) is 5.75 Å². The van der Waals surface area contributed by atoms with E-state index in [-0.39, 0.29) is 0 Å². The highest BCUT2D eigenvalue weighted by Gasteiger charge is 2.13. The van der Waals surface area contributed by atoms with Gasteiger partial charge in [0.15, 0.2) is 17.5 Å². The van der Waals surface area contributed by atoms with Gasteiger partial charge in [0.05, 0.1) is 5.52 Å². The first kappa shape index (κ1) is 9.92. The SMILES string of the molecule is NCCc1c(F)[nH]c2cc(F)c(O)cc12. The molecule has 3 nitrogen and oxygen atoms in total. The van der Waals surface area contributed by atoms with Gasteiger partial charge in [0.2, 0.25) is 0 Å². The molecule has 0 amide bonds. The van der Waals surface area contributed by atoms with Gasteiger partial charge in [-0.25, -0.2) is 4.39 Å². The first-order valence-electron chi connectivity index (χ1n) is 4.52. The van der Waals surface area contributed by atoms with E-state index in [1.807, 2.05) is 0 Å².